The lowest BCUT2D eigenvalue weighted by Crippen LogP contribution is -2.09. The molecule has 2 N–H and O–H groups in total. The molecule has 0 aromatic carbocycles. The summed E-state index contributed by atoms with van der Waals surface area (Å²) < 4.78 is 0. The molecule has 6 nitrogen and oxygen atoms in total. The average Bonchev–Trinajstić information content (AvgIpc) is 2.83. The first-order chi connectivity index (χ1) is 7.79. The van der Waals surface area contributed by atoms with Gasteiger partial charge >= 0.3 is 0 Å². The molecule has 0 aliphatic heterocycles. The van der Waals surface area contributed by atoms with Gasteiger partial charge in [-0.1, -0.05) is 0 Å². The topological polar surface area (TPSA) is 90.3 Å². The van der Waals surface area contributed by atoms with Crippen molar-refractivity contribution in [1.29, 1.82) is 5.26 Å². The number of aromatic nitrogens is 4. The molecule has 1 unspecified atom stereocenters. The number of hydrogen-bond donors (Lipinski definition) is 2. The summed E-state index contributed by atoms with van der Waals surface area (Å²) in [7, 11) is 0. The van der Waals surface area contributed by atoms with Gasteiger partial charge < -0.3 is 5.32 Å². The van der Waals surface area contributed by atoms with Gasteiger partial charge in [-0.2, -0.15) is 10.4 Å². The minimum atomic E-state index is -0.0380. The number of nitrogens with zero attached hydrogens (tertiary/aromatic N) is 4. The summed E-state index contributed by atoms with van der Waals surface area (Å²) >= 11 is 0. The lowest BCUT2D eigenvalue weighted by atomic mass is 10.2. The monoisotopic (exact) mass is 214 g/mol. The van der Waals surface area contributed by atoms with Crippen molar-refractivity contribution in [3.8, 4) is 6.07 Å². The van der Waals surface area contributed by atoms with Crippen molar-refractivity contribution in [3.05, 3.63) is 36.0 Å². The van der Waals surface area contributed by atoms with Gasteiger partial charge in [0.2, 0.25) is 0 Å². The average molecular weight is 214 g/mol. The van der Waals surface area contributed by atoms with E-state index in [-0.39, 0.29) is 6.04 Å². The highest BCUT2D eigenvalue weighted by Crippen LogP contribution is 2.14. The van der Waals surface area contributed by atoms with Crippen LogP contribution in [0.15, 0.2) is 24.7 Å². The van der Waals surface area contributed by atoms with Crippen LogP contribution in [0, 0.1) is 11.3 Å². The van der Waals surface area contributed by atoms with Crippen LogP contribution in [-0.4, -0.2) is 20.2 Å². The van der Waals surface area contributed by atoms with Gasteiger partial charge in [0, 0.05) is 6.20 Å². The maximum absolute atomic E-state index is 8.75. The van der Waals surface area contributed by atoms with Gasteiger partial charge in [0.25, 0.3) is 0 Å². The molecular formula is C10H10N6. The largest absolute Gasteiger partial charge is 0.360 e. The fourth-order valence-electron chi connectivity index (χ4n) is 1.29. The number of aromatic amines is 1. The first-order valence-corrected chi connectivity index (χ1v) is 4.77. The molecule has 6 heteroatoms. The fourth-order valence-corrected chi connectivity index (χ4v) is 1.29. The molecule has 2 aromatic rings. The van der Waals surface area contributed by atoms with Gasteiger partial charge in [0.1, 0.15) is 18.0 Å². The number of anilines is 1. The number of nitriles is 1. The van der Waals surface area contributed by atoms with Gasteiger partial charge in [0.15, 0.2) is 0 Å². The van der Waals surface area contributed by atoms with E-state index in [0.717, 1.165) is 5.82 Å². The molecule has 2 aromatic heterocycles. The zero-order valence-corrected chi connectivity index (χ0v) is 8.68. The van der Waals surface area contributed by atoms with Crippen LogP contribution < -0.4 is 5.32 Å². The molecule has 0 aliphatic carbocycles. The van der Waals surface area contributed by atoms with Crippen LogP contribution in [0.25, 0.3) is 0 Å². The van der Waals surface area contributed by atoms with E-state index in [2.05, 4.69) is 31.6 Å². The van der Waals surface area contributed by atoms with Gasteiger partial charge in [-0.25, -0.2) is 9.97 Å². The molecular weight excluding hydrogens is 204 g/mol. The Balaban J connectivity index is 2.12. The van der Waals surface area contributed by atoms with Crippen molar-refractivity contribution in [1.82, 2.24) is 20.2 Å². The molecule has 16 heavy (non-hydrogen) atoms. The van der Waals surface area contributed by atoms with E-state index in [9.17, 15) is 0 Å². The van der Waals surface area contributed by atoms with E-state index in [1.54, 1.807) is 18.3 Å². The summed E-state index contributed by atoms with van der Waals surface area (Å²) in [5.74, 6) is 1.37. The van der Waals surface area contributed by atoms with Crippen molar-refractivity contribution in [3.63, 3.8) is 0 Å². The van der Waals surface area contributed by atoms with Gasteiger partial charge in [0.05, 0.1) is 17.7 Å². The maximum Gasteiger partial charge on any atom is 0.146 e. The van der Waals surface area contributed by atoms with Crippen LogP contribution in [0.3, 0.4) is 0 Å². The van der Waals surface area contributed by atoms with Crippen molar-refractivity contribution >= 4 is 5.82 Å². The number of nitrogens with one attached hydrogen (secondary N) is 2. The normalized spacial score (nSPS) is 11.8. The van der Waals surface area contributed by atoms with E-state index in [1.807, 2.05) is 6.92 Å². The Bertz CT molecular complexity index is 498. The highest BCUT2D eigenvalue weighted by atomic mass is 15.2. The Hall–Kier alpha value is -2.42. The number of pyridine rings is 1. The van der Waals surface area contributed by atoms with Crippen LogP contribution >= 0.6 is 0 Å². The summed E-state index contributed by atoms with van der Waals surface area (Å²) in [6.07, 6.45) is 3.04. The van der Waals surface area contributed by atoms with Crippen molar-refractivity contribution in [2.24, 2.45) is 0 Å². The van der Waals surface area contributed by atoms with E-state index >= 15 is 0 Å². The third kappa shape index (κ3) is 2.15. The van der Waals surface area contributed by atoms with Crippen LogP contribution in [0.1, 0.15) is 24.4 Å². The second-order valence-electron chi connectivity index (χ2n) is 3.28. The molecule has 80 valence electrons. The fraction of sp³-hybridized carbons (Fsp3) is 0.200. The molecule has 0 spiro atoms. The summed E-state index contributed by atoms with van der Waals surface area (Å²) in [5.41, 5.74) is 0.572. The molecule has 0 aliphatic rings. The molecule has 0 radical (unpaired) electrons. The SMILES string of the molecule is CC(Nc1cc(C#N)ccn1)c1ncn[nH]1. The third-order valence-electron chi connectivity index (χ3n) is 2.10. The predicted octanol–water partition coefficient (Wildman–Crippen LogP) is 1.24. The molecule has 1 atom stereocenters. The first kappa shape index (κ1) is 10.1. The Morgan fingerprint density at radius 3 is 3.06 bits per heavy atom. The van der Waals surface area contributed by atoms with E-state index in [0.29, 0.717) is 11.4 Å². The minimum Gasteiger partial charge on any atom is -0.360 e. The summed E-state index contributed by atoms with van der Waals surface area (Å²) in [5, 5.41) is 18.4. The molecule has 0 saturated carbocycles. The Labute approximate surface area is 92.4 Å². The van der Waals surface area contributed by atoms with E-state index in [4.69, 9.17) is 5.26 Å². The molecule has 0 saturated heterocycles. The second-order valence-corrected chi connectivity index (χ2v) is 3.28. The minimum absolute atomic E-state index is 0.0380. The number of rotatable bonds is 3. The summed E-state index contributed by atoms with van der Waals surface area (Å²) in [4.78, 5) is 8.15. The van der Waals surface area contributed by atoms with Crippen molar-refractivity contribution < 1.29 is 0 Å². The number of hydrogen-bond acceptors (Lipinski definition) is 5. The molecule has 0 amide bonds. The lowest BCUT2D eigenvalue weighted by Gasteiger charge is -2.11. The molecule has 0 fully saturated rings. The molecule has 0 bridgehead atoms. The quantitative estimate of drug-likeness (QED) is 0.802. The smallest absolute Gasteiger partial charge is 0.146 e. The maximum atomic E-state index is 8.75. The zero-order chi connectivity index (χ0) is 11.4. The van der Waals surface area contributed by atoms with Gasteiger partial charge in [-0.05, 0) is 19.1 Å². The summed E-state index contributed by atoms with van der Waals surface area (Å²) in [6, 6.07) is 5.37. The van der Waals surface area contributed by atoms with Crippen molar-refractivity contribution in [2.45, 2.75) is 13.0 Å². The van der Waals surface area contributed by atoms with Crippen LogP contribution in [0.5, 0.6) is 0 Å². The van der Waals surface area contributed by atoms with Gasteiger partial charge in [-0.15, -0.1) is 0 Å². The zero-order valence-electron chi connectivity index (χ0n) is 8.68. The third-order valence-corrected chi connectivity index (χ3v) is 2.10. The predicted molar refractivity (Wildman–Crippen MR) is 57.4 cm³/mol. The van der Waals surface area contributed by atoms with Crippen LogP contribution in [0.4, 0.5) is 5.82 Å². The van der Waals surface area contributed by atoms with Crippen molar-refractivity contribution in [2.75, 3.05) is 5.32 Å². The second kappa shape index (κ2) is 4.40. The van der Waals surface area contributed by atoms with Crippen LogP contribution in [-0.2, 0) is 0 Å². The summed E-state index contributed by atoms with van der Waals surface area (Å²) in [6.45, 7) is 1.93. The highest BCUT2D eigenvalue weighted by molar-refractivity contribution is 5.43. The molecule has 2 rings (SSSR count). The first-order valence-electron chi connectivity index (χ1n) is 4.77. The standard InChI is InChI=1S/C10H10N6/c1-7(10-13-6-14-16-10)15-9-4-8(5-11)2-3-12-9/h2-4,6-7H,1H3,(H,12,15)(H,13,14,16). The molecule has 2 heterocycles. The Kier molecular flexibility index (Phi) is 2.78. The number of H-pyrrole nitrogens is 1. The highest BCUT2D eigenvalue weighted by Gasteiger charge is 2.08. The Morgan fingerprint density at radius 1 is 1.50 bits per heavy atom. The van der Waals surface area contributed by atoms with Crippen LogP contribution in [0.2, 0.25) is 0 Å². The Morgan fingerprint density at radius 2 is 2.38 bits per heavy atom. The van der Waals surface area contributed by atoms with E-state index in [1.165, 1.54) is 6.33 Å². The van der Waals surface area contributed by atoms with E-state index < -0.39 is 0 Å². The van der Waals surface area contributed by atoms with Gasteiger partial charge in [-0.3, -0.25) is 5.10 Å². The lowest BCUT2D eigenvalue weighted by molar-refractivity contribution is 0.790.